The summed E-state index contributed by atoms with van der Waals surface area (Å²) in [7, 11) is 4.63. The van der Waals surface area contributed by atoms with Crippen LogP contribution in [0.5, 0.6) is 17.2 Å². The van der Waals surface area contributed by atoms with Crippen LogP contribution in [-0.2, 0) is 0 Å². The molecule has 1 amide bonds. The zero-order valence-electron chi connectivity index (χ0n) is 13.5. The first-order valence-corrected chi connectivity index (χ1v) is 7.95. The molecule has 124 valence electrons. The molecule has 0 radical (unpaired) electrons. The van der Waals surface area contributed by atoms with Gasteiger partial charge in [-0.15, -0.1) is 0 Å². The van der Waals surface area contributed by atoms with Gasteiger partial charge in [-0.2, -0.15) is 0 Å². The smallest absolute Gasteiger partial charge is 0.265 e. The summed E-state index contributed by atoms with van der Waals surface area (Å²) < 4.78 is 16.7. The number of methoxy groups -OCH3 is 3. The number of thiazole rings is 1. The minimum absolute atomic E-state index is 0.333. The van der Waals surface area contributed by atoms with E-state index < -0.39 is 0 Å². The van der Waals surface area contributed by atoms with Crippen molar-refractivity contribution in [3.8, 4) is 17.2 Å². The van der Waals surface area contributed by atoms with Gasteiger partial charge in [-0.05, 0) is 30.3 Å². The largest absolute Gasteiger partial charge is 0.497 e. The van der Waals surface area contributed by atoms with E-state index in [2.05, 4.69) is 10.3 Å². The fourth-order valence-corrected chi connectivity index (χ4v) is 3.21. The van der Waals surface area contributed by atoms with E-state index in [-0.39, 0.29) is 5.91 Å². The van der Waals surface area contributed by atoms with E-state index in [9.17, 15) is 4.79 Å². The third-order valence-electron chi connectivity index (χ3n) is 3.47. The summed E-state index contributed by atoms with van der Waals surface area (Å²) >= 11 is 1.37. The van der Waals surface area contributed by atoms with Crippen molar-refractivity contribution in [1.82, 2.24) is 4.98 Å². The Morgan fingerprint density at radius 1 is 1.04 bits per heavy atom. The van der Waals surface area contributed by atoms with Crippen LogP contribution in [-0.4, -0.2) is 32.2 Å². The Labute approximate surface area is 143 Å². The van der Waals surface area contributed by atoms with Crippen molar-refractivity contribution < 1.29 is 19.0 Å². The summed E-state index contributed by atoms with van der Waals surface area (Å²) in [6.45, 7) is 0. The molecule has 1 N–H and O–H groups in total. The van der Waals surface area contributed by atoms with E-state index in [1.807, 2.05) is 18.2 Å². The number of hydrogen-bond acceptors (Lipinski definition) is 6. The highest BCUT2D eigenvalue weighted by Crippen LogP contribution is 2.32. The number of nitrogens with one attached hydrogen (secondary N) is 1. The standard InChI is InChI=1S/C17H16N2O4S/c1-21-10-7-8-11-14(9-10)24-17(18-11)19-16(20)15-12(22-2)5-4-6-13(15)23-3/h4-9H,1-3H3,(H,18,19,20). The Morgan fingerprint density at radius 3 is 2.38 bits per heavy atom. The van der Waals surface area contributed by atoms with Crippen LogP contribution in [0, 0.1) is 0 Å². The van der Waals surface area contributed by atoms with Gasteiger partial charge in [-0.3, -0.25) is 10.1 Å². The molecule has 3 rings (SSSR count). The molecule has 0 saturated carbocycles. The maximum Gasteiger partial charge on any atom is 0.265 e. The van der Waals surface area contributed by atoms with E-state index in [4.69, 9.17) is 14.2 Å². The average Bonchev–Trinajstić information content (AvgIpc) is 3.01. The highest BCUT2D eigenvalue weighted by molar-refractivity contribution is 7.22. The summed E-state index contributed by atoms with van der Waals surface area (Å²) in [6, 6.07) is 10.7. The number of ether oxygens (including phenoxy) is 3. The molecule has 24 heavy (non-hydrogen) atoms. The van der Waals surface area contributed by atoms with Crippen molar-refractivity contribution in [1.29, 1.82) is 0 Å². The van der Waals surface area contributed by atoms with Crippen molar-refractivity contribution in [2.45, 2.75) is 0 Å². The van der Waals surface area contributed by atoms with Gasteiger partial charge in [-0.1, -0.05) is 17.4 Å². The SMILES string of the molecule is COc1ccc2nc(NC(=O)c3c(OC)cccc3OC)sc2c1. The fraction of sp³-hybridized carbons (Fsp3) is 0.176. The summed E-state index contributed by atoms with van der Waals surface area (Å²) in [4.78, 5) is 17.1. The molecule has 0 unspecified atom stereocenters. The van der Waals surface area contributed by atoms with Gasteiger partial charge in [0.1, 0.15) is 22.8 Å². The predicted octanol–water partition coefficient (Wildman–Crippen LogP) is 3.57. The van der Waals surface area contributed by atoms with Crippen LogP contribution in [0.2, 0.25) is 0 Å². The number of rotatable bonds is 5. The molecule has 0 aliphatic heterocycles. The van der Waals surface area contributed by atoms with Gasteiger partial charge in [0, 0.05) is 0 Å². The average molecular weight is 344 g/mol. The maximum absolute atomic E-state index is 12.6. The van der Waals surface area contributed by atoms with Crippen LogP contribution in [0.25, 0.3) is 10.2 Å². The molecule has 0 fully saturated rings. The van der Waals surface area contributed by atoms with Gasteiger partial charge in [0.25, 0.3) is 5.91 Å². The van der Waals surface area contributed by atoms with Gasteiger partial charge < -0.3 is 14.2 Å². The van der Waals surface area contributed by atoms with Gasteiger partial charge in [0.15, 0.2) is 5.13 Å². The van der Waals surface area contributed by atoms with Gasteiger partial charge >= 0.3 is 0 Å². The Morgan fingerprint density at radius 2 is 1.75 bits per heavy atom. The van der Waals surface area contributed by atoms with E-state index in [1.165, 1.54) is 25.6 Å². The van der Waals surface area contributed by atoms with E-state index >= 15 is 0 Å². The number of fused-ring (bicyclic) bond motifs is 1. The van der Waals surface area contributed by atoms with Crippen LogP contribution < -0.4 is 19.5 Å². The Bertz CT molecular complexity index is 869. The molecule has 0 saturated heterocycles. The lowest BCUT2D eigenvalue weighted by Gasteiger charge is -2.11. The van der Waals surface area contributed by atoms with Crippen molar-refractivity contribution in [3.63, 3.8) is 0 Å². The van der Waals surface area contributed by atoms with Crippen LogP contribution in [0.1, 0.15) is 10.4 Å². The molecule has 1 heterocycles. The minimum atomic E-state index is -0.338. The van der Waals surface area contributed by atoms with E-state index in [0.717, 1.165) is 16.0 Å². The second-order valence-corrected chi connectivity index (χ2v) is 5.87. The number of anilines is 1. The number of aromatic nitrogens is 1. The molecule has 1 aromatic heterocycles. The quantitative estimate of drug-likeness (QED) is 0.766. The number of amides is 1. The molecule has 2 aromatic carbocycles. The predicted molar refractivity (Wildman–Crippen MR) is 93.7 cm³/mol. The highest BCUT2D eigenvalue weighted by atomic mass is 32.1. The molecular weight excluding hydrogens is 328 g/mol. The molecule has 7 heteroatoms. The van der Waals surface area contributed by atoms with E-state index in [0.29, 0.717) is 22.2 Å². The molecular formula is C17H16N2O4S. The summed E-state index contributed by atoms with van der Waals surface area (Å²) in [5.41, 5.74) is 1.13. The third kappa shape index (κ3) is 2.98. The molecule has 0 bridgehead atoms. The number of carbonyl (C=O) groups excluding carboxylic acids is 1. The first-order chi connectivity index (χ1) is 11.7. The van der Waals surface area contributed by atoms with Crippen molar-refractivity contribution >= 4 is 32.6 Å². The number of nitrogens with zero attached hydrogens (tertiary/aromatic N) is 1. The second-order valence-electron chi connectivity index (χ2n) is 4.84. The van der Waals surface area contributed by atoms with Crippen molar-refractivity contribution in [3.05, 3.63) is 42.0 Å². The number of carbonyl (C=O) groups is 1. The first-order valence-electron chi connectivity index (χ1n) is 7.13. The lowest BCUT2D eigenvalue weighted by atomic mass is 10.1. The van der Waals surface area contributed by atoms with Gasteiger partial charge in [-0.25, -0.2) is 4.98 Å². The second kappa shape index (κ2) is 6.76. The highest BCUT2D eigenvalue weighted by Gasteiger charge is 2.19. The molecule has 0 atom stereocenters. The van der Waals surface area contributed by atoms with Gasteiger partial charge in [0.2, 0.25) is 0 Å². The Kier molecular flexibility index (Phi) is 4.52. The zero-order valence-corrected chi connectivity index (χ0v) is 14.3. The maximum atomic E-state index is 12.6. The van der Waals surface area contributed by atoms with Crippen LogP contribution in [0.3, 0.4) is 0 Å². The lowest BCUT2D eigenvalue weighted by molar-refractivity contribution is 0.102. The Hall–Kier alpha value is -2.80. The Balaban J connectivity index is 1.93. The van der Waals surface area contributed by atoms with Crippen LogP contribution in [0.4, 0.5) is 5.13 Å². The number of benzene rings is 2. The molecule has 6 nitrogen and oxygen atoms in total. The van der Waals surface area contributed by atoms with Crippen LogP contribution >= 0.6 is 11.3 Å². The van der Waals surface area contributed by atoms with Crippen molar-refractivity contribution in [2.24, 2.45) is 0 Å². The molecule has 3 aromatic rings. The lowest BCUT2D eigenvalue weighted by Crippen LogP contribution is -2.14. The molecule has 0 aliphatic carbocycles. The summed E-state index contributed by atoms with van der Waals surface area (Å²) in [5, 5.41) is 3.30. The normalized spacial score (nSPS) is 10.5. The zero-order chi connectivity index (χ0) is 17.1. The third-order valence-corrected chi connectivity index (χ3v) is 4.40. The van der Waals surface area contributed by atoms with Crippen molar-refractivity contribution in [2.75, 3.05) is 26.6 Å². The molecule has 0 spiro atoms. The minimum Gasteiger partial charge on any atom is -0.497 e. The van der Waals surface area contributed by atoms with E-state index in [1.54, 1.807) is 25.3 Å². The number of hydrogen-bond donors (Lipinski definition) is 1. The first kappa shape index (κ1) is 16.1. The molecule has 0 aliphatic rings. The summed E-state index contributed by atoms with van der Waals surface area (Å²) in [5.74, 6) is 1.29. The van der Waals surface area contributed by atoms with Gasteiger partial charge in [0.05, 0.1) is 31.5 Å². The fourth-order valence-electron chi connectivity index (χ4n) is 2.32. The topological polar surface area (TPSA) is 69.7 Å². The van der Waals surface area contributed by atoms with Crippen LogP contribution in [0.15, 0.2) is 36.4 Å². The summed E-state index contributed by atoms with van der Waals surface area (Å²) in [6.07, 6.45) is 0. The monoisotopic (exact) mass is 344 g/mol.